The van der Waals surface area contributed by atoms with Crippen molar-refractivity contribution in [1.82, 2.24) is 15.0 Å². The van der Waals surface area contributed by atoms with Gasteiger partial charge in [0.25, 0.3) is 0 Å². The van der Waals surface area contributed by atoms with E-state index in [4.69, 9.17) is 22.1 Å². The first kappa shape index (κ1) is 13.9. The van der Waals surface area contributed by atoms with Crippen molar-refractivity contribution in [2.45, 2.75) is 26.3 Å². The number of hydrogen-bond acceptors (Lipinski definition) is 6. The number of anilines is 1. The molecule has 0 aromatic carbocycles. The summed E-state index contributed by atoms with van der Waals surface area (Å²) in [4.78, 5) is 11.8. The molecule has 0 aliphatic carbocycles. The van der Waals surface area contributed by atoms with E-state index in [1.807, 2.05) is 0 Å². The molecule has 0 saturated carbocycles. The van der Waals surface area contributed by atoms with Gasteiger partial charge in [-0.15, -0.1) is 0 Å². The lowest BCUT2D eigenvalue weighted by atomic mass is 10.0. The standard InChI is InChI=1S/C10H18ClN5O/c1-6(2)4-7(5-12)13-9-14-8(11)15-10(16-9)17-3/h6-7H,4-5,12H2,1-3H3,(H,13,14,15,16). The minimum absolute atomic E-state index is 0.0969. The lowest BCUT2D eigenvalue weighted by Crippen LogP contribution is -2.31. The highest BCUT2D eigenvalue weighted by Crippen LogP contribution is 2.13. The Morgan fingerprint density at radius 3 is 2.59 bits per heavy atom. The molecule has 0 bridgehead atoms. The molecule has 7 heteroatoms. The van der Waals surface area contributed by atoms with Gasteiger partial charge in [-0.2, -0.15) is 15.0 Å². The van der Waals surface area contributed by atoms with Gasteiger partial charge in [-0.05, 0) is 23.9 Å². The van der Waals surface area contributed by atoms with Gasteiger partial charge in [-0.1, -0.05) is 13.8 Å². The van der Waals surface area contributed by atoms with E-state index in [2.05, 4.69) is 34.1 Å². The zero-order valence-corrected chi connectivity index (χ0v) is 11.0. The molecule has 1 aromatic heterocycles. The molecule has 6 nitrogen and oxygen atoms in total. The maximum Gasteiger partial charge on any atom is 0.322 e. The Kier molecular flexibility index (Phi) is 5.37. The van der Waals surface area contributed by atoms with Crippen molar-refractivity contribution in [3.63, 3.8) is 0 Å². The average molecular weight is 260 g/mol. The SMILES string of the molecule is COc1nc(Cl)nc(NC(CN)CC(C)C)n1. The Morgan fingerprint density at radius 1 is 1.35 bits per heavy atom. The summed E-state index contributed by atoms with van der Waals surface area (Å²) in [5.74, 6) is 0.924. The fourth-order valence-electron chi connectivity index (χ4n) is 1.45. The molecule has 0 fully saturated rings. The average Bonchev–Trinajstić information content (AvgIpc) is 2.26. The predicted molar refractivity (Wildman–Crippen MR) is 67.3 cm³/mol. The molecule has 1 heterocycles. The summed E-state index contributed by atoms with van der Waals surface area (Å²) in [7, 11) is 1.48. The fourth-order valence-corrected chi connectivity index (χ4v) is 1.61. The number of ether oxygens (including phenoxy) is 1. The maximum absolute atomic E-state index is 5.75. The van der Waals surface area contributed by atoms with Crippen molar-refractivity contribution in [2.24, 2.45) is 11.7 Å². The van der Waals surface area contributed by atoms with Crippen LogP contribution in [0.25, 0.3) is 0 Å². The zero-order valence-electron chi connectivity index (χ0n) is 10.3. The van der Waals surface area contributed by atoms with E-state index < -0.39 is 0 Å². The quantitative estimate of drug-likeness (QED) is 0.801. The molecule has 0 saturated heterocycles. The first-order chi connectivity index (χ1) is 8.05. The summed E-state index contributed by atoms with van der Waals surface area (Å²) in [5, 5.41) is 3.22. The summed E-state index contributed by atoms with van der Waals surface area (Å²) < 4.78 is 4.91. The molecule has 3 N–H and O–H groups in total. The van der Waals surface area contributed by atoms with E-state index in [0.29, 0.717) is 18.4 Å². The van der Waals surface area contributed by atoms with Crippen molar-refractivity contribution in [3.8, 4) is 6.01 Å². The van der Waals surface area contributed by atoms with Gasteiger partial charge in [0.1, 0.15) is 0 Å². The van der Waals surface area contributed by atoms with Crippen LogP contribution in [0.2, 0.25) is 5.28 Å². The number of methoxy groups -OCH3 is 1. The number of rotatable bonds is 6. The third kappa shape index (κ3) is 4.70. The summed E-state index contributed by atoms with van der Waals surface area (Å²) in [5.41, 5.74) is 5.68. The summed E-state index contributed by atoms with van der Waals surface area (Å²) in [6.07, 6.45) is 0.933. The molecule has 1 atom stereocenters. The van der Waals surface area contributed by atoms with Crippen molar-refractivity contribution in [2.75, 3.05) is 19.0 Å². The van der Waals surface area contributed by atoms with E-state index in [0.717, 1.165) is 6.42 Å². The van der Waals surface area contributed by atoms with Crippen LogP contribution in [0.3, 0.4) is 0 Å². The number of halogens is 1. The van der Waals surface area contributed by atoms with Crippen LogP contribution in [-0.4, -0.2) is 34.6 Å². The van der Waals surface area contributed by atoms with Crippen molar-refractivity contribution < 1.29 is 4.74 Å². The number of nitrogens with two attached hydrogens (primary N) is 1. The molecule has 0 aliphatic rings. The lowest BCUT2D eigenvalue weighted by molar-refractivity contribution is 0.378. The van der Waals surface area contributed by atoms with Crippen molar-refractivity contribution >= 4 is 17.5 Å². The lowest BCUT2D eigenvalue weighted by Gasteiger charge is -2.18. The molecular formula is C10H18ClN5O. The van der Waals surface area contributed by atoms with Gasteiger partial charge < -0.3 is 15.8 Å². The van der Waals surface area contributed by atoms with E-state index in [1.54, 1.807) is 0 Å². The molecule has 0 amide bonds. The van der Waals surface area contributed by atoms with Crippen molar-refractivity contribution in [1.29, 1.82) is 0 Å². The van der Waals surface area contributed by atoms with Gasteiger partial charge in [0.15, 0.2) is 0 Å². The highest BCUT2D eigenvalue weighted by molar-refractivity contribution is 6.28. The third-order valence-corrected chi connectivity index (χ3v) is 2.31. The summed E-state index contributed by atoms with van der Waals surface area (Å²) in [6, 6.07) is 0.297. The molecule has 1 unspecified atom stereocenters. The fraction of sp³-hybridized carbons (Fsp3) is 0.700. The predicted octanol–water partition coefficient (Wildman–Crippen LogP) is 1.32. The number of hydrogen-bond donors (Lipinski definition) is 2. The van der Waals surface area contributed by atoms with Crippen molar-refractivity contribution in [3.05, 3.63) is 5.28 Å². The maximum atomic E-state index is 5.75. The topological polar surface area (TPSA) is 86.0 Å². The van der Waals surface area contributed by atoms with Crippen LogP contribution in [0.5, 0.6) is 6.01 Å². The minimum atomic E-state index is 0.0969. The van der Waals surface area contributed by atoms with Crippen LogP contribution in [-0.2, 0) is 0 Å². The largest absolute Gasteiger partial charge is 0.467 e. The van der Waals surface area contributed by atoms with E-state index in [9.17, 15) is 0 Å². The highest BCUT2D eigenvalue weighted by Gasteiger charge is 2.12. The summed E-state index contributed by atoms with van der Waals surface area (Å²) >= 11 is 5.75. The van der Waals surface area contributed by atoms with Gasteiger partial charge in [0.05, 0.1) is 7.11 Å². The second-order valence-corrected chi connectivity index (χ2v) is 4.46. The monoisotopic (exact) mass is 259 g/mol. The molecule has 0 radical (unpaired) electrons. The zero-order chi connectivity index (χ0) is 12.8. The van der Waals surface area contributed by atoms with Gasteiger partial charge in [0.2, 0.25) is 11.2 Å². The Balaban J connectivity index is 2.74. The molecule has 0 aliphatic heterocycles. The number of aromatic nitrogens is 3. The normalized spacial score (nSPS) is 12.6. The highest BCUT2D eigenvalue weighted by atomic mass is 35.5. The van der Waals surface area contributed by atoms with Crippen LogP contribution in [0.1, 0.15) is 20.3 Å². The number of nitrogens with one attached hydrogen (secondary N) is 1. The van der Waals surface area contributed by atoms with Gasteiger partial charge in [0, 0.05) is 12.6 Å². The van der Waals surface area contributed by atoms with Crippen LogP contribution in [0.15, 0.2) is 0 Å². The molecule has 17 heavy (non-hydrogen) atoms. The van der Waals surface area contributed by atoms with Gasteiger partial charge in [-0.3, -0.25) is 0 Å². The third-order valence-electron chi connectivity index (χ3n) is 2.14. The van der Waals surface area contributed by atoms with Crippen LogP contribution < -0.4 is 15.8 Å². The molecule has 1 rings (SSSR count). The first-order valence-corrected chi connectivity index (χ1v) is 5.85. The summed E-state index contributed by atoms with van der Waals surface area (Å²) in [6.45, 7) is 4.76. The van der Waals surface area contributed by atoms with Crippen LogP contribution >= 0.6 is 11.6 Å². The van der Waals surface area contributed by atoms with E-state index in [1.165, 1.54) is 7.11 Å². The second kappa shape index (κ2) is 6.56. The van der Waals surface area contributed by atoms with Crippen LogP contribution in [0, 0.1) is 5.92 Å². The Morgan fingerprint density at radius 2 is 2.06 bits per heavy atom. The minimum Gasteiger partial charge on any atom is -0.467 e. The van der Waals surface area contributed by atoms with Crippen LogP contribution in [0.4, 0.5) is 5.95 Å². The first-order valence-electron chi connectivity index (χ1n) is 5.47. The van der Waals surface area contributed by atoms with Gasteiger partial charge >= 0.3 is 6.01 Å². The second-order valence-electron chi connectivity index (χ2n) is 4.12. The Labute approximate surface area is 106 Å². The smallest absolute Gasteiger partial charge is 0.322 e. The van der Waals surface area contributed by atoms with E-state index >= 15 is 0 Å². The molecular weight excluding hydrogens is 242 g/mol. The Hall–Kier alpha value is -1.14. The molecule has 0 spiro atoms. The van der Waals surface area contributed by atoms with Gasteiger partial charge in [-0.25, -0.2) is 0 Å². The molecule has 1 aromatic rings. The molecule has 96 valence electrons. The number of nitrogens with zero attached hydrogens (tertiary/aromatic N) is 3. The Bertz CT molecular complexity index is 361. The van der Waals surface area contributed by atoms with E-state index in [-0.39, 0.29) is 17.3 Å².